The van der Waals surface area contributed by atoms with E-state index in [2.05, 4.69) is 29.6 Å². The molecule has 0 bridgehead atoms. The zero-order valence-corrected chi connectivity index (χ0v) is 14.3. The van der Waals surface area contributed by atoms with Crippen molar-refractivity contribution in [3.05, 3.63) is 42.7 Å². The number of benzene rings is 1. The number of urea groups is 1. The van der Waals surface area contributed by atoms with Crippen LogP contribution in [0.5, 0.6) is 0 Å². The van der Waals surface area contributed by atoms with Crippen molar-refractivity contribution >= 4 is 11.7 Å². The highest BCUT2D eigenvalue weighted by molar-refractivity contribution is 5.88. The van der Waals surface area contributed by atoms with Crippen molar-refractivity contribution in [3.8, 4) is 5.69 Å². The number of anilines is 1. The van der Waals surface area contributed by atoms with Gasteiger partial charge in [0.25, 0.3) is 0 Å². The molecule has 2 aromatic rings. The minimum Gasteiger partial charge on any atom is -0.396 e. The lowest BCUT2D eigenvalue weighted by Crippen LogP contribution is -2.33. The standard InChI is InChI=1S/C18H26N4O2/c1-14(2)10-15(8-9-23)11-19-18(24)21-16-12-20-22(13-16)17-6-4-3-5-7-17/h3-7,12-15,23H,8-11H2,1-2H3,(H2,19,21,24). The van der Waals surface area contributed by atoms with Gasteiger partial charge < -0.3 is 15.7 Å². The predicted molar refractivity (Wildman–Crippen MR) is 95.2 cm³/mol. The predicted octanol–water partition coefficient (Wildman–Crippen LogP) is 3.04. The van der Waals surface area contributed by atoms with Gasteiger partial charge in [-0.2, -0.15) is 5.10 Å². The molecule has 1 unspecified atom stereocenters. The summed E-state index contributed by atoms with van der Waals surface area (Å²) in [6, 6.07) is 9.46. The van der Waals surface area contributed by atoms with E-state index in [0.717, 1.165) is 12.1 Å². The maximum Gasteiger partial charge on any atom is 0.319 e. The maximum absolute atomic E-state index is 12.0. The normalized spacial score (nSPS) is 12.2. The first kappa shape index (κ1) is 18.0. The Morgan fingerprint density at radius 1 is 1.29 bits per heavy atom. The van der Waals surface area contributed by atoms with Gasteiger partial charge in [0.2, 0.25) is 0 Å². The summed E-state index contributed by atoms with van der Waals surface area (Å²) >= 11 is 0. The van der Waals surface area contributed by atoms with Crippen LogP contribution in [0.4, 0.5) is 10.5 Å². The number of hydrogen-bond acceptors (Lipinski definition) is 3. The maximum atomic E-state index is 12.0. The Hall–Kier alpha value is -2.34. The van der Waals surface area contributed by atoms with Gasteiger partial charge in [-0.15, -0.1) is 0 Å². The smallest absolute Gasteiger partial charge is 0.319 e. The summed E-state index contributed by atoms with van der Waals surface area (Å²) in [5, 5.41) is 19.0. The molecule has 1 heterocycles. The Bertz CT molecular complexity index is 625. The number of rotatable bonds is 8. The van der Waals surface area contributed by atoms with Gasteiger partial charge in [-0.25, -0.2) is 9.48 Å². The first-order valence-electron chi connectivity index (χ1n) is 8.34. The van der Waals surface area contributed by atoms with Crippen LogP contribution in [-0.4, -0.2) is 34.1 Å². The summed E-state index contributed by atoms with van der Waals surface area (Å²) < 4.78 is 1.71. The van der Waals surface area contributed by atoms with Crippen molar-refractivity contribution in [2.75, 3.05) is 18.5 Å². The molecule has 0 aliphatic heterocycles. The van der Waals surface area contributed by atoms with Crippen LogP contribution in [0, 0.1) is 11.8 Å². The van der Waals surface area contributed by atoms with Crippen molar-refractivity contribution in [1.29, 1.82) is 0 Å². The number of aromatic nitrogens is 2. The molecule has 1 aromatic heterocycles. The third-order valence-corrected chi connectivity index (χ3v) is 3.75. The second-order valence-corrected chi connectivity index (χ2v) is 6.35. The number of aliphatic hydroxyl groups excluding tert-OH is 1. The molecule has 0 aliphatic rings. The molecule has 0 fully saturated rings. The van der Waals surface area contributed by atoms with Gasteiger partial charge in [0.05, 0.1) is 23.8 Å². The number of carbonyl (C=O) groups is 1. The number of aliphatic hydroxyl groups is 1. The zero-order valence-electron chi connectivity index (χ0n) is 14.3. The Balaban J connectivity index is 1.85. The highest BCUT2D eigenvalue weighted by Crippen LogP contribution is 2.15. The van der Waals surface area contributed by atoms with Crippen LogP contribution in [0.2, 0.25) is 0 Å². The molecule has 0 saturated heterocycles. The number of amides is 2. The molecule has 3 N–H and O–H groups in total. The lowest BCUT2D eigenvalue weighted by molar-refractivity contribution is 0.231. The van der Waals surface area contributed by atoms with E-state index in [-0.39, 0.29) is 18.6 Å². The van der Waals surface area contributed by atoms with E-state index in [1.165, 1.54) is 0 Å². The molecule has 130 valence electrons. The summed E-state index contributed by atoms with van der Waals surface area (Å²) in [6.07, 6.45) is 5.07. The second kappa shape index (κ2) is 9.08. The minimum atomic E-state index is -0.255. The lowest BCUT2D eigenvalue weighted by Gasteiger charge is -2.18. The largest absolute Gasteiger partial charge is 0.396 e. The number of nitrogens with zero attached hydrogens (tertiary/aromatic N) is 2. The van der Waals surface area contributed by atoms with Crippen molar-refractivity contribution in [2.24, 2.45) is 11.8 Å². The topological polar surface area (TPSA) is 79.2 Å². The molecule has 1 atom stereocenters. The highest BCUT2D eigenvalue weighted by Gasteiger charge is 2.12. The lowest BCUT2D eigenvalue weighted by atomic mass is 9.94. The monoisotopic (exact) mass is 330 g/mol. The Kier molecular flexibility index (Phi) is 6.81. The van der Waals surface area contributed by atoms with Crippen LogP contribution in [0.15, 0.2) is 42.7 Å². The fraction of sp³-hybridized carbons (Fsp3) is 0.444. The van der Waals surface area contributed by atoms with E-state index in [9.17, 15) is 4.79 Å². The number of nitrogens with one attached hydrogen (secondary N) is 2. The van der Waals surface area contributed by atoms with Crippen LogP contribution in [0.3, 0.4) is 0 Å². The van der Waals surface area contributed by atoms with Crippen LogP contribution in [0.1, 0.15) is 26.7 Å². The number of para-hydroxylation sites is 1. The summed E-state index contributed by atoms with van der Waals surface area (Å²) in [5.41, 5.74) is 1.57. The van der Waals surface area contributed by atoms with Gasteiger partial charge in [-0.3, -0.25) is 0 Å². The van der Waals surface area contributed by atoms with E-state index in [4.69, 9.17) is 5.11 Å². The van der Waals surface area contributed by atoms with Crippen molar-refractivity contribution in [3.63, 3.8) is 0 Å². The average Bonchev–Trinajstić information content (AvgIpc) is 3.02. The molecule has 2 amide bonds. The van der Waals surface area contributed by atoms with Crippen molar-refractivity contribution in [2.45, 2.75) is 26.7 Å². The molecule has 0 radical (unpaired) electrons. The van der Waals surface area contributed by atoms with Crippen molar-refractivity contribution < 1.29 is 9.90 Å². The fourth-order valence-corrected chi connectivity index (χ4v) is 2.67. The third-order valence-electron chi connectivity index (χ3n) is 3.75. The first-order chi connectivity index (χ1) is 11.6. The Labute approximate surface area is 142 Å². The van der Waals surface area contributed by atoms with Gasteiger partial charge in [-0.05, 0) is 36.8 Å². The van der Waals surface area contributed by atoms with Crippen molar-refractivity contribution in [1.82, 2.24) is 15.1 Å². The second-order valence-electron chi connectivity index (χ2n) is 6.35. The van der Waals surface area contributed by atoms with Crippen LogP contribution < -0.4 is 10.6 Å². The molecule has 0 aliphatic carbocycles. The molecule has 0 saturated carbocycles. The molecule has 0 spiro atoms. The van der Waals surface area contributed by atoms with Crippen LogP contribution in [0.25, 0.3) is 5.69 Å². The average molecular weight is 330 g/mol. The van der Waals surface area contributed by atoms with E-state index < -0.39 is 0 Å². The summed E-state index contributed by atoms with van der Waals surface area (Å²) in [6.45, 7) is 4.98. The minimum absolute atomic E-state index is 0.143. The fourth-order valence-electron chi connectivity index (χ4n) is 2.67. The van der Waals surface area contributed by atoms with Gasteiger partial charge in [0.15, 0.2) is 0 Å². The molecule has 2 rings (SSSR count). The molecular weight excluding hydrogens is 304 g/mol. The quantitative estimate of drug-likeness (QED) is 0.696. The van der Waals surface area contributed by atoms with Crippen LogP contribution >= 0.6 is 0 Å². The van der Waals surface area contributed by atoms with Gasteiger partial charge >= 0.3 is 6.03 Å². The molecule has 24 heavy (non-hydrogen) atoms. The number of carbonyl (C=O) groups excluding carboxylic acids is 1. The molecular formula is C18H26N4O2. The highest BCUT2D eigenvalue weighted by atomic mass is 16.3. The third kappa shape index (κ3) is 5.70. The SMILES string of the molecule is CC(C)CC(CCO)CNC(=O)Nc1cnn(-c2ccccc2)c1. The van der Waals surface area contributed by atoms with Gasteiger partial charge in [0.1, 0.15) is 0 Å². The summed E-state index contributed by atoms with van der Waals surface area (Å²) in [7, 11) is 0. The Morgan fingerprint density at radius 3 is 2.71 bits per heavy atom. The van der Waals surface area contributed by atoms with Gasteiger partial charge in [0, 0.05) is 13.2 Å². The Morgan fingerprint density at radius 2 is 2.04 bits per heavy atom. The first-order valence-corrected chi connectivity index (χ1v) is 8.34. The van der Waals surface area contributed by atoms with E-state index in [1.807, 2.05) is 30.3 Å². The molecule has 6 nitrogen and oxygen atoms in total. The zero-order chi connectivity index (χ0) is 17.4. The van der Waals surface area contributed by atoms with Crippen LogP contribution in [-0.2, 0) is 0 Å². The summed E-state index contributed by atoms with van der Waals surface area (Å²) in [5.74, 6) is 0.823. The summed E-state index contributed by atoms with van der Waals surface area (Å²) in [4.78, 5) is 12.0. The molecule has 6 heteroatoms. The number of hydrogen-bond donors (Lipinski definition) is 3. The van der Waals surface area contributed by atoms with E-state index >= 15 is 0 Å². The van der Waals surface area contributed by atoms with Gasteiger partial charge in [-0.1, -0.05) is 32.0 Å². The van der Waals surface area contributed by atoms with E-state index in [0.29, 0.717) is 24.6 Å². The van der Waals surface area contributed by atoms with E-state index in [1.54, 1.807) is 17.1 Å². The molecule has 1 aromatic carbocycles.